The minimum absolute atomic E-state index is 0.0242. The number of nitro groups is 1. The van der Waals surface area contributed by atoms with E-state index in [1.807, 2.05) is 0 Å². The van der Waals surface area contributed by atoms with E-state index < -0.39 is 17.0 Å². The highest BCUT2D eigenvalue weighted by Crippen LogP contribution is 2.25. The predicted octanol–water partition coefficient (Wildman–Crippen LogP) is 3.80. The molecule has 3 rings (SSSR count). The number of carbonyl (C=O) groups excluding carboxylic acids is 2. The van der Waals surface area contributed by atoms with E-state index in [-0.39, 0.29) is 17.4 Å². The molecule has 1 atom stereocenters. The number of benzene rings is 1. The third-order valence-corrected chi connectivity index (χ3v) is 4.72. The lowest BCUT2D eigenvalue weighted by Gasteiger charge is -2.23. The lowest BCUT2D eigenvalue weighted by atomic mass is 10.1. The van der Waals surface area contributed by atoms with Crippen molar-refractivity contribution in [2.24, 2.45) is 0 Å². The van der Waals surface area contributed by atoms with Gasteiger partial charge in [0.05, 0.1) is 4.92 Å². The maximum absolute atomic E-state index is 12.5. The van der Waals surface area contributed by atoms with E-state index in [9.17, 15) is 19.7 Å². The molecular formula is C20H22N2O6. The van der Waals surface area contributed by atoms with Gasteiger partial charge < -0.3 is 14.1 Å². The van der Waals surface area contributed by atoms with Gasteiger partial charge in [0.2, 0.25) is 5.76 Å². The van der Waals surface area contributed by atoms with Crippen LogP contribution in [0.4, 0.5) is 5.69 Å². The summed E-state index contributed by atoms with van der Waals surface area (Å²) in [5.74, 6) is -0.557. The molecule has 2 aromatic rings. The van der Waals surface area contributed by atoms with Crippen LogP contribution in [0.2, 0.25) is 0 Å². The highest BCUT2D eigenvalue weighted by molar-refractivity contribution is 5.90. The normalized spacial score (nSPS) is 15.5. The molecule has 8 nitrogen and oxygen atoms in total. The predicted molar refractivity (Wildman–Crippen MR) is 101 cm³/mol. The fraction of sp³-hybridized carbons (Fsp3) is 0.400. The Hall–Kier alpha value is -3.16. The van der Waals surface area contributed by atoms with Gasteiger partial charge >= 0.3 is 5.97 Å². The molecule has 1 fully saturated rings. The molecular weight excluding hydrogens is 364 g/mol. The van der Waals surface area contributed by atoms with Gasteiger partial charge in [-0.25, -0.2) is 4.79 Å². The molecule has 0 saturated carbocycles. The molecule has 1 aliphatic heterocycles. The molecule has 1 saturated heterocycles. The van der Waals surface area contributed by atoms with Crippen molar-refractivity contribution in [1.82, 2.24) is 4.90 Å². The number of nitrogens with zero attached hydrogens (tertiary/aromatic N) is 2. The number of ether oxygens (including phenoxy) is 1. The molecule has 0 spiro atoms. The van der Waals surface area contributed by atoms with Gasteiger partial charge in [0.15, 0.2) is 6.10 Å². The Morgan fingerprint density at radius 3 is 2.32 bits per heavy atom. The summed E-state index contributed by atoms with van der Waals surface area (Å²) in [6, 6.07) is 8.84. The van der Waals surface area contributed by atoms with Crippen LogP contribution in [-0.4, -0.2) is 40.9 Å². The van der Waals surface area contributed by atoms with E-state index >= 15 is 0 Å². The van der Waals surface area contributed by atoms with Gasteiger partial charge in [-0.05, 0) is 44.0 Å². The van der Waals surface area contributed by atoms with Gasteiger partial charge in [0.1, 0.15) is 5.76 Å². The molecule has 0 radical (unpaired) electrons. The molecule has 1 aromatic carbocycles. The Balaban J connectivity index is 1.63. The number of likely N-dealkylation sites (tertiary alicyclic amines) is 1. The molecule has 0 N–H and O–H groups in total. The zero-order valence-electron chi connectivity index (χ0n) is 15.6. The maximum Gasteiger partial charge on any atom is 0.375 e. The lowest BCUT2D eigenvalue weighted by molar-refractivity contribution is -0.384. The zero-order chi connectivity index (χ0) is 20.1. The van der Waals surface area contributed by atoms with Gasteiger partial charge in [0.25, 0.3) is 11.6 Å². The van der Waals surface area contributed by atoms with Crippen LogP contribution >= 0.6 is 0 Å². The van der Waals surface area contributed by atoms with Crippen molar-refractivity contribution in [3.8, 4) is 11.3 Å². The Bertz CT molecular complexity index is 850. The Morgan fingerprint density at radius 1 is 1.07 bits per heavy atom. The van der Waals surface area contributed by atoms with Crippen molar-refractivity contribution in [3.63, 3.8) is 0 Å². The fourth-order valence-corrected chi connectivity index (χ4v) is 3.17. The molecule has 1 amide bonds. The van der Waals surface area contributed by atoms with E-state index in [1.54, 1.807) is 17.9 Å². The molecule has 0 bridgehead atoms. The summed E-state index contributed by atoms with van der Waals surface area (Å²) in [7, 11) is 0. The summed E-state index contributed by atoms with van der Waals surface area (Å²) in [5.41, 5.74) is 0.564. The number of nitro benzene ring substituents is 1. The number of non-ortho nitro benzene ring substituents is 1. The van der Waals surface area contributed by atoms with E-state index in [0.29, 0.717) is 24.4 Å². The number of hydrogen-bond acceptors (Lipinski definition) is 6. The van der Waals surface area contributed by atoms with Gasteiger partial charge in [-0.1, -0.05) is 12.8 Å². The topological polar surface area (TPSA) is 103 Å². The Labute approximate surface area is 162 Å². The number of furan rings is 1. The van der Waals surface area contributed by atoms with Crippen LogP contribution in [0.15, 0.2) is 40.8 Å². The van der Waals surface area contributed by atoms with E-state index in [4.69, 9.17) is 9.15 Å². The first-order valence-corrected chi connectivity index (χ1v) is 9.30. The van der Waals surface area contributed by atoms with Crippen LogP contribution in [0.3, 0.4) is 0 Å². The second-order valence-corrected chi connectivity index (χ2v) is 6.75. The average molecular weight is 386 g/mol. The summed E-state index contributed by atoms with van der Waals surface area (Å²) in [5, 5.41) is 10.7. The molecule has 1 aromatic heterocycles. The van der Waals surface area contributed by atoms with Crippen LogP contribution in [0, 0.1) is 10.1 Å². The zero-order valence-corrected chi connectivity index (χ0v) is 15.6. The first-order valence-electron chi connectivity index (χ1n) is 9.30. The van der Waals surface area contributed by atoms with Crippen LogP contribution in [-0.2, 0) is 9.53 Å². The minimum Gasteiger partial charge on any atom is -0.449 e. The second kappa shape index (κ2) is 8.69. The van der Waals surface area contributed by atoms with Crippen LogP contribution in [0.25, 0.3) is 11.3 Å². The molecule has 1 aliphatic rings. The fourth-order valence-electron chi connectivity index (χ4n) is 3.17. The highest BCUT2D eigenvalue weighted by Gasteiger charge is 2.26. The maximum atomic E-state index is 12.5. The van der Waals surface area contributed by atoms with E-state index in [0.717, 1.165) is 25.7 Å². The summed E-state index contributed by atoms with van der Waals surface area (Å²) < 4.78 is 10.8. The summed E-state index contributed by atoms with van der Waals surface area (Å²) >= 11 is 0. The van der Waals surface area contributed by atoms with Crippen molar-refractivity contribution in [3.05, 3.63) is 52.3 Å². The first-order chi connectivity index (χ1) is 13.5. The van der Waals surface area contributed by atoms with Crippen molar-refractivity contribution >= 4 is 17.6 Å². The van der Waals surface area contributed by atoms with Gasteiger partial charge in [-0.2, -0.15) is 0 Å². The summed E-state index contributed by atoms with van der Waals surface area (Å²) in [6.07, 6.45) is 3.25. The Morgan fingerprint density at radius 2 is 1.71 bits per heavy atom. The largest absolute Gasteiger partial charge is 0.449 e. The van der Waals surface area contributed by atoms with Crippen molar-refractivity contribution in [1.29, 1.82) is 0 Å². The van der Waals surface area contributed by atoms with Crippen LogP contribution < -0.4 is 0 Å². The highest BCUT2D eigenvalue weighted by atomic mass is 16.6. The van der Waals surface area contributed by atoms with Gasteiger partial charge in [-0.3, -0.25) is 14.9 Å². The molecule has 148 valence electrons. The second-order valence-electron chi connectivity index (χ2n) is 6.75. The standard InChI is InChI=1S/C20H22N2O6/c1-14(19(23)21-12-4-2-3-5-13-21)27-20(24)18-11-10-17(28-18)15-6-8-16(9-7-15)22(25)26/h6-11,14H,2-5,12-13H2,1H3/t14-/m1/s1. The quantitative estimate of drug-likeness (QED) is 0.440. The molecule has 2 heterocycles. The van der Waals surface area contributed by atoms with E-state index in [2.05, 4.69) is 0 Å². The van der Waals surface area contributed by atoms with Crippen molar-refractivity contribution < 1.29 is 23.7 Å². The minimum atomic E-state index is -0.890. The molecule has 28 heavy (non-hydrogen) atoms. The van der Waals surface area contributed by atoms with Crippen LogP contribution in [0.5, 0.6) is 0 Å². The number of amides is 1. The number of carbonyl (C=O) groups is 2. The van der Waals surface area contributed by atoms with Crippen LogP contribution in [0.1, 0.15) is 43.2 Å². The SMILES string of the molecule is C[C@@H](OC(=O)c1ccc(-c2ccc([N+](=O)[O-])cc2)o1)C(=O)N1CCCCCC1. The molecule has 8 heteroatoms. The number of esters is 1. The van der Waals surface area contributed by atoms with E-state index in [1.165, 1.54) is 30.3 Å². The third-order valence-electron chi connectivity index (χ3n) is 4.72. The third kappa shape index (κ3) is 4.57. The monoisotopic (exact) mass is 386 g/mol. The molecule has 0 unspecified atom stereocenters. The summed E-state index contributed by atoms with van der Waals surface area (Å²) in [6.45, 7) is 2.93. The smallest absolute Gasteiger partial charge is 0.375 e. The first kappa shape index (κ1) is 19.6. The average Bonchev–Trinajstić information content (AvgIpc) is 3.03. The van der Waals surface area contributed by atoms with Gasteiger partial charge in [0, 0.05) is 30.8 Å². The van der Waals surface area contributed by atoms with Crippen molar-refractivity contribution in [2.45, 2.75) is 38.7 Å². The van der Waals surface area contributed by atoms with Gasteiger partial charge in [-0.15, -0.1) is 0 Å². The number of rotatable bonds is 5. The summed E-state index contributed by atoms with van der Waals surface area (Å²) in [4.78, 5) is 36.8. The lowest BCUT2D eigenvalue weighted by Crippen LogP contribution is -2.40. The Kier molecular flexibility index (Phi) is 6.08. The molecule has 0 aliphatic carbocycles. The van der Waals surface area contributed by atoms with Crippen molar-refractivity contribution in [2.75, 3.05) is 13.1 Å². The number of hydrogen-bond donors (Lipinski definition) is 0.